The van der Waals surface area contributed by atoms with Crippen LogP contribution < -0.4 is 10.6 Å². The summed E-state index contributed by atoms with van der Waals surface area (Å²) in [6, 6.07) is 21.6. The molecule has 0 saturated heterocycles. The highest BCUT2D eigenvalue weighted by Gasteiger charge is 2.27. The molecule has 0 radical (unpaired) electrons. The summed E-state index contributed by atoms with van der Waals surface area (Å²) in [6.45, 7) is 1.46. The lowest BCUT2D eigenvalue weighted by Crippen LogP contribution is -2.28. The summed E-state index contributed by atoms with van der Waals surface area (Å²) in [5.74, 6) is -0.162. The molecular formula is C32H30ClN5O3S. The maximum absolute atomic E-state index is 14.2. The maximum Gasteiger partial charge on any atom is 0.269 e. The van der Waals surface area contributed by atoms with E-state index in [1.165, 1.54) is 10.9 Å². The first-order valence-electron chi connectivity index (χ1n) is 13.8. The van der Waals surface area contributed by atoms with Crippen LogP contribution in [0.5, 0.6) is 0 Å². The maximum atomic E-state index is 14.2. The molecule has 2 atom stereocenters. The topological polar surface area (TPSA) is 106 Å². The highest BCUT2D eigenvalue weighted by molar-refractivity contribution is 7.90. The molecule has 0 spiro atoms. The summed E-state index contributed by atoms with van der Waals surface area (Å²) in [6.07, 6.45) is 8.87. The third kappa shape index (κ3) is 5.62. The summed E-state index contributed by atoms with van der Waals surface area (Å²) < 4.78 is 29.7. The minimum atomic E-state index is -4.02. The normalized spacial score (nSPS) is 17.2. The van der Waals surface area contributed by atoms with Crippen LogP contribution in [0.4, 0.5) is 11.4 Å². The number of nitrogens with one attached hydrogen (secondary N) is 2. The molecule has 2 aromatic carbocycles. The van der Waals surface area contributed by atoms with E-state index in [9.17, 15) is 13.2 Å². The third-order valence-electron chi connectivity index (χ3n) is 7.46. The predicted octanol–water partition coefficient (Wildman–Crippen LogP) is 6.92. The van der Waals surface area contributed by atoms with Gasteiger partial charge >= 0.3 is 0 Å². The van der Waals surface area contributed by atoms with Crippen molar-refractivity contribution in [3.63, 3.8) is 0 Å². The molecule has 2 unspecified atom stereocenters. The van der Waals surface area contributed by atoms with Crippen molar-refractivity contribution in [2.75, 3.05) is 10.6 Å². The fourth-order valence-electron chi connectivity index (χ4n) is 5.55. The van der Waals surface area contributed by atoms with Gasteiger partial charge in [-0.15, -0.1) is 11.6 Å². The van der Waals surface area contributed by atoms with Gasteiger partial charge in [0.2, 0.25) is 5.91 Å². The largest absolute Gasteiger partial charge is 0.380 e. The van der Waals surface area contributed by atoms with Crippen molar-refractivity contribution in [2.24, 2.45) is 0 Å². The number of fused-ring (bicyclic) bond motifs is 1. The zero-order valence-electron chi connectivity index (χ0n) is 23.0. The van der Waals surface area contributed by atoms with E-state index in [0.29, 0.717) is 28.0 Å². The molecule has 1 saturated carbocycles. The van der Waals surface area contributed by atoms with Crippen molar-refractivity contribution in [3.05, 3.63) is 91.4 Å². The molecule has 0 bridgehead atoms. The number of hydrogen-bond donors (Lipinski definition) is 2. The standard InChI is InChI=1S/C32H30ClN5O3S/c1-21(39)36-26-9-5-7-22(16-26)24-15-23-17-31(29-13-14-34-20-30(29)37-27-10-6-8-25(33)18-27)38(32(23)35-19-24)42(40,41)28-11-3-2-4-12-28/h2-5,7,9,11-17,19-20,25,27,37H,6,8,10,18H2,1H3,(H,36,39). The molecule has 42 heavy (non-hydrogen) atoms. The minimum absolute atomic E-state index is 0.105. The Kier molecular flexibility index (Phi) is 7.70. The molecule has 5 aromatic rings. The molecule has 214 valence electrons. The van der Waals surface area contributed by atoms with Crippen molar-refractivity contribution in [2.45, 2.75) is 48.9 Å². The molecule has 6 rings (SSSR count). The van der Waals surface area contributed by atoms with Gasteiger partial charge in [-0.3, -0.25) is 9.78 Å². The smallest absolute Gasteiger partial charge is 0.269 e. The second-order valence-electron chi connectivity index (χ2n) is 10.5. The van der Waals surface area contributed by atoms with E-state index in [-0.39, 0.29) is 22.2 Å². The molecule has 3 heterocycles. The number of halogens is 1. The molecule has 0 aliphatic heterocycles. The fourth-order valence-corrected chi connectivity index (χ4v) is 7.42. The van der Waals surface area contributed by atoms with E-state index in [1.54, 1.807) is 48.9 Å². The zero-order valence-corrected chi connectivity index (χ0v) is 24.6. The van der Waals surface area contributed by atoms with Crippen LogP contribution in [0.3, 0.4) is 0 Å². The molecule has 1 fully saturated rings. The van der Waals surface area contributed by atoms with Crippen molar-refractivity contribution in [1.29, 1.82) is 0 Å². The second kappa shape index (κ2) is 11.6. The van der Waals surface area contributed by atoms with Crippen molar-refractivity contribution in [3.8, 4) is 22.4 Å². The first-order chi connectivity index (χ1) is 20.3. The van der Waals surface area contributed by atoms with Crippen LogP contribution in [-0.2, 0) is 14.8 Å². The van der Waals surface area contributed by atoms with Gasteiger partial charge in [-0.05, 0) is 73.7 Å². The lowest BCUT2D eigenvalue weighted by Gasteiger charge is -2.28. The van der Waals surface area contributed by atoms with Crippen LogP contribution in [0.15, 0.2) is 96.3 Å². The monoisotopic (exact) mass is 599 g/mol. The van der Waals surface area contributed by atoms with Crippen LogP contribution >= 0.6 is 11.6 Å². The average Bonchev–Trinajstić information content (AvgIpc) is 3.37. The van der Waals surface area contributed by atoms with E-state index < -0.39 is 10.0 Å². The number of hydrogen-bond acceptors (Lipinski definition) is 6. The quantitative estimate of drug-likeness (QED) is 0.197. The number of benzene rings is 2. The Morgan fingerprint density at radius 1 is 0.976 bits per heavy atom. The Balaban J connectivity index is 1.51. The summed E-state index contributed by atoms with van der Waals surface area (Å²) in [7, 11) is -4.02. The van der Waals surface area contributed by atoms with E-state index in [4.69, 9.17) is 11.6 Å². The summed E-state index contributed by atoms with van der Waals surface area (Å²) in [4.78, 5) is 20.8. The number of carbonyl (C=O) groups excluding carboxylic acids is 1. The number of anilines is 2. The molecular weight excluding hydrogens is 570 g/mol. The lowest BCUT2D eigenvalue weighted by molar-refractivity contribution is -0.114. The van der Waals surface area contributed by atoms with Gasteiger partial charge in [0.05, 0.1) is 22.5 Å². The Morgan fingerprint density at radius 3 is 2.60 bits per heavy atom. The fraction of sp³-hybridized carbons (Fsp3) is 0.219. The van der Waals surface area contributed by atoms with Crippen molar-refractivity contribution in [1.82, 2.24) is 13.9 Å². The Morgan fingerprint density at radius 2 is 1.81 bits per heavy atom. The summed E-state index contributed by atoms with van der Waals surface area (Å²) in [5, 5.41) is 7.16. The first-order valence-corrected chi connectivity index (χ1v) is 15.7. The second-order valence-corrected chi connectivity index (χ2v) is 12.9. The number of nitrogens with zero attached hydrogens (tertiary/aromatic N) is 3. The summed E-state index contributed by atoms with van der Waals surface area (Å²) in [5.41, 5.74) is 4.54. The van der Waals surface area contributed by atoms with Crippen LogP contribution in [0.2, 0.25) is 0 Å². The van der Waals surface area contributed by atoms with Gasteiger partial charge in [-0.2, -0.15) is 0 Å². The van der Waals surface area contributed by atoms with Crippen LogP contribution in [0.25, 0.3) is 33.4 Å². The van der Waals surface area contributed by atoms with Crippen molar-refractivity contribution >= 4 is 49.9 Å². The molecule has 10 heteroatoms. The molecule has 1 amide bonds. The van der Waals surface area contributed by atoms with Gasteiger partial charge in [0.25, 0.3) is 10.0 Å². The number of carbonyl (C=O) groups is 1. The third-order valence-corrected chi connectivity index (χ3v) is 9.58. The zero-order chi connectivity index (χ0) is 29.3. The molecule has 1 aliphatic carbocycles. The first kappa shape index (κ1) is 27.9. The van der Waals surface area contributed by atoms with Crippen LogP contribution in [0.1, 0.15) is 32.6 Å². The van der Waals surface area contributed by atoms with Gasteiger partial charge in [0, 0.05) is 52.9 Å². The summed E-state index contributed by atoms with van der Waals surface area (Å²) >= 11 is 6.47. The van der Waals surface area contributed by atoms with Gasteiger partial charge in [-0.1, -0.05) is 30.3 Å². The molecule has 3 aromatic heterocycles. The molecule has 1 aliphatic rings. The number of aromatic nitrogens is 3. The van der Waals surface area contributed by atoms with E-state index in [0.717, 1.165) is 42.5 Å². The Hall–Kier alpha value is -4.21. The number of amides is 1. The van der Waals surface area contributed by atoms with Gasteiger partial charge in [0.15, 0.2) is 5.65 Å². The lowest BCUT2D eigenvalue weighted by atomic mass is 9.94. The predicted molar refractivity (Wildman–Crippen MR) is 167 cm³/mol. The van der Waals surface area contributed by atoms with E-state index in [1.807, 2.05) is 42.5 Å². The van der Waals surface area contributed by atoms with E-state index >= 15 is 0 Å². The highest BCUT2D eigenvalue weighted by atomic mass is 35.5. The van der Waals surface area contributed by atoms with Crippen LogP contribution in [-0.4, -0.2) is 39.7 Å². The van der Waals surface area contributed by atoms with Gasteiger partial charge < -0.3 is 10.6 Å². The van der Waals surface area contributed by atoms with Gasteiger partial charge in [0.1, 0.15) is 0 Å². The Bertz CT molecular complexity index is 1870. The number of alkyl halides is 1. The average molecular weight is 600 g/mol. The Labute approximate surface area is 249 Å². The molecule has 2 N–H and O–H groups in total. The minimum Gasteiger partial charge on any atom is -0.380 e. The van der Waals surface area contributed by atoms with Crippen molar-refractivity contribution < 1.29 is 13.2 Å². The highest BCUT2D eigenvalue weighted by Crippen LogP contribution is 2.37. The SMILES string of the molecule is CC(=O)Nc1cccc(-c2cnc3c(c2)cc(-c2ccncc2NC2CCCC(Cl)C2)n3S(=O)(=O)c2ccccc2)c1. The van der Waals surface area contributed by atoms with E-state index in [2.05, 4.69) is 20.6 Å². The number of rotatable bonds is 7. The number of pyridine rings is 2. The van der Waals surface area contributed by atoms with Crippen LogP contribution in [0, 0.1) is 0 Å². The molecule has 8 nitrogen and oxygen atoms in total. The van der Waals surface area contributed by atoms with Gasteiger partial charge in [-0.25, -0.2) is 17.4 Å².